The molecule has 0 bridgehead atoms. The van der Waals surface area contributed by atoms with Crippen LogP contribution in [0.4, 0.5) is 5.69 Å². The lowest BCUT2D eigenvalue weighted by Gasteiger charge is -2.26. The van der Waals surface area contributed by atoms with Crippen LogP contribution in [0.1, 0.15) is 36.7 Å². The quantitative estimate of drug-likeness (QED) is 0.870. The third-order valence-electron chi connectivity index (χ3n) is 3.12. The van der Waals surface area contributed by atoms with E-state index in [0.717, 1.165) is 30.8 Å². The zero-order valence-corrected chi connectivity index (χ0v) is 11.7. The summed E-state index contributed by atoms with van der Waals surface area (Å²) < 4.78 is 0. The fourth-order valence-corrected chi connectivity index (χ4v) is 2.43. The molecule has 18 heavy (non-hydrogen) atoms. The van der Waals surface area contributed by atoms with Gasteiger partial charge >= 0.3 is 0 Å². The molecule has 0 saturated heterocycles. The van der Waals surface area contributed by atoms with Crippen LogP contribution in [0.5, 0.6) is 0 Å². The zero-order valence-electron chi connectivity index (χ0n) is 11.7. The maximum Gasteiger partial charge on any atom is 0.253 e. The molecule has 1 heterocycles. The van der Waals surface area contributed by atoms with Gasteiger partial charge in [0, 0.05) is 31.4 Å². The maximum atomic E-state index is 12.3. The summed E-state index contributed by atoms with van der Waals surface area (Å²) in [6, 6.07) is 5.98. The Morgan fingerprint density at radius 3 is 2.78 bits per heavy atom. The Bertz CT molecular complexity index is 460. The van der Waals surface area contributed by atoms with Crippen LogP contribution in [0.2, 0.25) is 0 Å². The smallest absolute Gasteiger partial charge is 0.253 e. The van der Waals surface area contributed by atoms with E-state index in [0.29, 0.717) is 0 Å². The molecule has 1 N–H and O–H groups in total. The van der Waals surface area contributed by atoms with E-state index in [1.165, 1.54) is 5.56 Å². The highest BCUT2D eigenvalue weighted by molar-refractivity contribution is 5.95. The van der Waals surface area contributed by atoms with Gasteiger partial charge in [-0.1, -0.05) is 26.8 Å². The molecule has 0 radical (unpaired) electrons. The van der Waals surface area contributed by atoms with Crippen molar-refractivity contribution >= 4 is 11.6 Å². The lowest BCUT2D eigenvalue weighted by atomic mass is 9.96. The van der Waals surface area contributed by atoms with Crippen LogP contribution >= 0.6 is 0 Å². The van der Waals surface area contributed by atoms with Crippen LogP contribution in [0.25, 0.3) is 0 Å². The molecule has 3 heteroatoms. The van der Waals surface area contributed by atoms with Gasteiger partial charge < -0.3 is 10.2 Å². The molecule has 0 aliphatic carbocycles. The summed E-state index contributed by atoms with van der Waals surface area (Å²) in [5.74, 6) is 0.0985. The molecule has 0 aromatic heterocycles. The fraction of sp³-hybridized carbons (Fsp3) is 0.533. The highest BCUT2D eigenvalue weighted by Crippen LogP contribution is 2.24. The minimum Gasteiger partial charge on any atom is -0.384 e. The highest BCUT2D eigenvalue weighted by atomic mass is 16.2. The first-order valence-electron chi connectivity index (χ1n) is 6.49. The van der Waals surface area contributed by atoms with E-state index >= 15 is 0 Å². The number of benzene rings is 1. The van der Waals surface area contributed by atoms with Gasteiger partial charge in [-0.15, -0.1) is 0 Å². The summed E-state index contributed by atoms with van der Waals surface area (Å²) in [5, 5.41) is 3.31. The second-order valence-corrected chi connectivity index (χ2v) is 6.27. The second-order valence-electron chi connectivity index (χ2n) is 6.27. The van der Waals surface area contributed by atoms with Crippen LogP contribution in [-0.2, 0) is 6.42 Å². The molecule has 0 saturated carbocycles. The van der Waals surface area contributed by atoms with Crippen LogP contribution in [-0.4, -0.2) is 30.9 Å². The molecule has 0 spiro atoms. The van der Waals surface area contributed by atoms with Gasteiger partial charge in [-0.2, -0.15) is 0 Å². The topological polar surface area (TPSA) is 32.3 Å². The van der Waals surface area contributed by atoms with E-state index < -0.39 is 0 Å². The minimum atomic E-state index is 0.0985. The summed E-state index contributed by atoms with van der Waals surface area (Å²) in [6.45, 7) is 8.16. The molecule has 1 aliphatic rings. The minimum absolute atomic E-state index is 0.0985. The molecule has 0 unspecified atom stereocenters. The molecule has 0 atom stereocenters. The number of nitrogens with zero attached hydrogens (tertiary/aromatic N) is 1. The van der Waals surface area contributed by atoms with Crippen molar-refractivity contribution in [2.45, 2.75) is 27.2 Å². The summed E-state index contributed by atoms with van der Waals surface area (Å²) in [7, 11) is 1.87. The fourth-order valence-electron chi connectivity index (χ4n) is 2.43. The van der Waals surface area contributed by atoms with Gasteiger partial charge in [-0.05, 0) is 29.5 Å². The molecule has 1 aromatic carbocycles. The molecule has 0 fully saturated rings. The van der Waals surface area contributed by atoms with Crippen molar-refractivity contribution in [2.75, 3.05) is 25.5 Å². The second kappa shape index (κ2) is 4.63. The van der Waals surface area contributed by atoms with Gasteiger partial charge in [0.1, 0.15) is 0 Å². The third kappa shape index (κ3) is 2.84. The first-order chi connectivity index (χ1) is 8.37. The Hall–Kier alpha value is -1.51. The summed E-state index contributed by atoms with van der Waals surface area (Å²) in [6.07, 6.45) is 1.06. The van der Waals surface area contributed by atoms with E-state index in [4.69, 9.17) is 0 Å². The van der Waals surface area contributed by atoms with Gasteiger partial charge in [-0.25, -0.2) is 0 Å². The Labute approximate surface area is 109 Å². The van der Waals surface area contributed by atoms with E-state index in [1.54, 1.807) is 4.90 Å². The van der Waals surface area contributed by atoms with Gasteiger partial charge in [0.05, 0.1) is 0 Å². The van der Waals surface area contributed by atoms with E-state index in [-0.39, 0.29) is 11.3 Å². The predicted octanol–water partition coefficient (Wildman–Crippen LogP) is 2.77. The largest absolute Gasteiger partial charge is 0.384 e. The van der Waals surface area contributed by atoms with E-state index in [2.05, 4.69) is 32.2 Å². The number of carbonyl (C=O) groups is 1. The van der Waals surface area contributed by atoms with Gasteiger partial charge in [0.25, 0.3) is 5.91 Å². The number of amides is 1. The van der Waals surface area contributed by atoms with Crippen LogP contribution in [0, 0.1) is 5.41 Å². The van der Waals surface area contributed by atoms with Crippen molar-refractivity contribution in [3.63, 3.8) is 0 Å². The number of rotatable bonds is 2. The molecule has 1 amide bonds. The van der Waals surface area contributed by atoms with Crippen LogP contribution < -0.4 is 5.32 Å². The summed E-state index contributed by atoms with van der Waals surface area (Å²) in [4.78, 5) is 14.1. The monoisotopic (exact) mass is 246 g/mol. The number of hydrogen-bond donors (Lipinski definition) is 1. The number of fused-ring (bicyclic) bond motifs is 1. The first-order valence-corrected chi connectivity index (χ1v) is 6.49. The van der Waals surface area contributed by atoms with Crippen molar-refractivity contribution in [1.82, 2.24) is 4.90 Å². The molecular weight excluding hydrogens is 224 g/mol. The van der Waals surface area contributed by atoms with Crippen LogP contribution in [0.15, 0.2) is 18.2 Å². The van der Waals surface area contributed by atoms with E-state index in [9.17, 15) is 4.79 Å². The Morgan fingerprint density at radius 2 is 2.11 bits per heavy atom. The molecular formula is C15H22N2O. The number of anilines is 1. The molecule has 3 nitrogen and oxygen atoms in total. The Balaban J connectivity index is 2.14. The normalized spacial score (nSPS) is 14.0. The average Bonchev–Trinajstić information content (AvgIpc) is 2.72. The van der Waals surface area contributed by atoms with Gasteiger partial charge in [-0.3, -0.25) is 4.79 Å². The number of nitrogens with one attached hydrogen (secondary N) is 1. The molecule has 1 aliphatic heterocycles. The standard InChI is InChI=1S/C15H22N2O/c1-15(2,3)10-17(4)14(18)12-6-5-11-7-8-16-13(11)9-12/h5-6,9,16H,7-8,10H2,1-4H3. The van der Waals surface area contributed by atoms with Gasteiger partial charge in [0.2, 0.25) is 0 Å². The van der Waals surface area contributed by atoms with Gasteiger partial charge in [0.15, 0.2) is 0 Å². The molecule has 1 aromatic rings. The highest BCUT2D eigenvalue weighted by Gasteiger charge is 2.20. The number of carbonyl (C=O) groups excluding carboxylic acids is 1. The third-order valence-corrected chi connectivity index (χ3v) is 3.12. The molecule has 2 rings (SSSR count). The summed E-state index contributed by atoms with van der Waals surface area (Å²) in [5.41, 5.74) is 3.32. The lowest BCUT2D eigenvalue weighted by Crippen LogP contribution is -2.34. The first kappa shape index (κ1) is 12.9. The average molecular weight is 246 g/mol. The summed E-state index contributed by atoms with van der Waals surface area (Å²) >= 11 is 0. The molecule has 98 valence electrons. The van der Waals surface area contributed by atoms with Crippen LogP contribution in [0.3, 0.4) is 0 Å². The van der Waals surface area contributed by atoms with Crippen molar-refractivity contribution < 1.29 is 4.79 Å². The van der Waals surface area contributed by atoms with Crippen molar-refractivity contribution in [1.29, 1.82) is 0 Å². The van der Waals surface area contributed by atoms with Crippen molar-refractivity contribution in [2.24, 2.45) is 5.41 Å². The van der Waals surface area contributed by atoms with Crippen molar-refractivity contribution in [3.05, 3.63) is 29.3 Å². The Morgan fingerprint density at radius 1 is 1.39 bits per heavy atom. The van der Waals surface area contributed by atoms with Crippen molar-refractivity contribution in [3.8, 4) is 0 Å². The maximum absolute atomic E-state index is 12.3. The Kier molecular flexibility index (Phi) is 3.33. The number of hydrogen-bond acceptors (Lipinski definition) is 2. The SMILES string of the molecule is CN(CC(C)(C)C)C(=O)c1ccc2c(c1)NCC2. The zero-order chi connectivity index (χ0) is 13.3. The predicted molar refractivity (Wildman–Crippen MR) is 75.1 cm³/mol. The van der Waals surface area contributed by atoms with E-state index in [1.807, 2.05) is 19.2 Å². The lowest BCUT2D eigenvalue weighted by molar-refractivity contribution is 0.0745.